The number of rotatable bonds is 5. The van der Waals surface area contributed by atoms with Crippen molar-refractivity contribution in [2.24, 2.45) is 0 Å². The first-order chi connectivity index (χ1) is 8.68. The first kappa shape index (κ1) is 14.1. The summed E-state index contributed by atoms with van der Waals surface area (Å²) in [6, 6.07) is 3.46. The van der Waals surface area contributed by atoms with Crippen LogP contribution in [0.25, 0.3) is 0 Å². The third-order valence-corrected chi connectivity index (χ3v) is 4.31. The summed E-state index contributed by atoms with van der Waals surface area (Å²) in [5.41, 5.74) is 3.76. The molecule has 1 N–H and O–H groups in total. The van der Waals surface area contributed by atoms with Gasteiger partial charge >= 0.3 is 0 Å². The molecule has 2 nitrogen and oxygen atoms in total. The van der Waals surface area contributed by atoms with Crippen molar-refractivity contribution in [3.8, 4) is 0 Å². The maximum absolute atomic E-state index is 6.11. The lowest BCUT2D eigenvalue weighted by Crippen LogP contribution is -2.17. The normalized spacial score (nSPS) is 10.8. The molecule has 2 rings (SSSR count). The quantitative estimate of drug-likeness (QED) is 0.650. The predicted molar refractivity (Wildman–Crippen MR) is 79.0 cm³/mol. The molecule has 0 spiro atoms. The number of thiazole rings is 1. The van der Waals surface area contributed by atoms with Crippen molar-refractivity contribution < 1.29 is 0 Å². The molecule has 0 atom stereocenters. The number of halogens is 3. The second-order valence-corrected chi connectivity index (χ2v) is 5.64. The summed E-state index contributed by atoms with van der Waals surface area (Å²) in [4.78, 5) is 4.22. The second-order valence-electron chi connectivity index (χ2n) is 3.73. The van der Waals surface area contributed by atoms with Gasteiger partial charge in [-0.1, -0.05) is 34.8 Å². The monoisotopic (exact) mass is 320 g/mol. The largest absolute Gasteiger partial charge is 0.312 e. The zero-order valence-corrected chi connectivity index (χ0v) is 12.5. The van der Waals surface area contributed by atoms with Gasteiger partial charge in [-0.3, -0.25) is 0 Å². The van der Waals surface area contributed by atoms with Gasteiger partial charge in [0.1, 0.15) is 0 Å². The molecule has 0 aliphatic heterocycles. The zero-order chi connectivity index (χ0) is 13.0. The highest BCUT2D eigenvalue weighted by atomic mass is 35.5. The summed E-state index contributed by atoms with van der Waals surface area (Å²) in [7, 11) is 0. The number of hydrogen-bond acceptors (Lipinski definition) is 3. The molecule has 1 aromatic carbocycles. The van der Waals surface area contributed by atoms with Crippen LogP contribution in [0.3, 0.4) is 0 Å². The molecular weight excluding hydrogens is 311 g/mol. The van der Waals surface area contributed by atoms with Crippen LogP contribution >= 0.6 is 46.1 Å². The first-order valence-corrected chi connectivity index (χ1v) is 7.46. The standard InChI is InChI=1S/C12H11Cl3N2S/c13-10-1-2-11(14)12(15)9(10)5-16-4-3-8-6-18-7-17-8/h1-2,6-7,16H,3-5H2. The van der Waals surface area contributed by atoms with Gasteiger partial charge in [-0.25, -0.2) is 4.98 Å². The van der Waals surface area contributed by atoms with Crippen molar-refractivity contribution >= 4 is 46.1 Å². The summed E-state index contributed by atoms with van der Waals surface area (Å²) >= 11 is 19.8. The molecule has 0 aliphatic carbocycles. The van der Waals surface area contributed by atoms with Gasteiger partial charge in [0, 0.05) is 35.5 Å². The van der Waals surface area contributed by atoms with Crippen LogP contribution in [0.4, 0.5) is 0 Å². The maximum atomic E-state index is 6.11. The minimum absolute atomic E-state index is 0.519. The zero-order valence-electron chi connectivity index (χ0n) is 9.42. The lowest BCUT2D eigenvalue weighted by atomic mass is 10.2. The SMILES string of the molecule is Clc1ccc(Cl)c(CNCCc2cscn2)c1Cl. The van der Waals surface area contributed by atoms with Gasteiger partial charge in [0.2, 0.25) is 0 Å². The Hall–Kier alpha value is -0.320. The Kier molecular flexibility index (Phi) is 5.27. The molecule has 0 radical (unpaired) electrons. The second kappa shape index (κ2) is 6.73. The summed E-state index contributed by atoms with van der Waals surface area (Å²) in [5.74, 6) is 0. The minimum atomic E-state index is 0.519. The van der Waals surface area contributed by atoms with Crippen LogP contribution < -0.4 is 5.32 Å². The average molecular weight is 322 g/mol. The van der Waals surface area contributed by atoms with Crippen LogP contribution in [-0.2, 0) is 13.0 Å². The van der Waals surface area contributed by atoms with E-state index in [1.807, 2.05) is 10.9 Å². The molecule has 1 heterocycles. The van der Waals surface area contributed by atoms with Crippen molar-refractivity contribution in [3.05, 3.63) is 49.3 Å². The Balaban J connectivity index is 1.88. The van der Waals surface area contributed by atoms with Crippen LogP contribution in [0.5, 0.6) is 0 Å². The fourth-order valence-corrected chi connectivity index (χ4v) is 2.80. The third-order valence-electron chi connectivity index (χ3n) is 2.48. The molecule has 0 fully saturated rings. The Labute approximate surface area is 125 Å². The van der Waals surface area contributed by atoms with E-state index in [4.69, 9.17) is 34.8 Å². The van der Waals surface area contributed by atoms with Crippen molar-refractivity contribution in [1.29, 1.82) is 0 Å². The van der Waals surface area contributed by atoms with E-state index in [1.165, 1.54) is 0 Å². The fourth-order valence-electron chi connectivity index (χ4n) is 1.52. The maximum Gasteiger partial charge on any atom is 0.0794 e. The number of benzene rings is 1. The van der Waals surface area contributed by atoms with E-state index in [0.29, 0.717) is 21.6 Å². The Bertz CT molecular complexity index is 514. The molecule has 0 saturated carbocycles. The van der Waals surface area contributed by atoms with E-state index in [2.05, 4.69) is 10.3 Å². The Morgan fingerprint density at radius 2 is 1.94 bits per heavy atom. The predicted octanol–water partition coefficient (Wildman–Crippen LogP) is 4.44. The summed E-state index contributed by atoms with van der Waals surface area (Å²) in [6.45, 7) is 1.42. The van der Waals surface area contributed by atoms with Crippen molar-refractivity contribution in [3.63, 3.8) is 0 Å². The smallest absolute Gasteiger partial charge is 0.0794 e. The summed E-state index contributed by atoms with van der Waals surface area (Å²) < 4.78 is 0. The van der Waals surface area contributed by atoms with Gasteiger partial charge in [-0.15, -0.1) is 11.3 Å². The van der Waals surface area contributed by atoms with Gasteiger partial charge in [-0.05, 0) is 12.1 Å². The van der Waals surface area contributed by atoms with Crippen LogP contribution in [0.1, 0.15) is 11.3 Å². The van der Waals surface area contributed by atoms with E-state index in [9.17, 15) is 0 Å². The molecule has 2 aromatic rings. The highest BCUT2D eigenvalue weighted by Gasteiger charge is 2.08. The molecule has 6 heteroatoms. The van der Waals surface area contributed by atoms with Crippen molar-refractivity contribution in [2.75, 3.05) is 6.54 Å². The molecule has 0 amide bonds. The Morgan fingerprint density at radius 1 is 1.17 bits per heavy atom. The molecule has 18 heavy (non-hydrogen) atoms. The highest BCUT2D eigenvalue weighted by molar-refractivity contribution is 7.07. The van der Waals surface area contributed by atoms with Gasteiger partial charge in [0.05, 0.1) is 21.2 Å². The van der Waals surface area contributed by atoms with Crippen LogP contribution in [0.2, 0.25) is 15.1 Å². The number of aromatic nitrogens is 1. The highest BCUT2D eigenvalue weighted by Crippen LogP contribution is 2.31. The van der Waals surface area contributed by atoms with Gasteiger partial charge in [-0.2, -0.15) is 0 Å². The minimum Gasteiger partial charge on any atom is -0.312 e. The number of nitrogens with one attached hydrogen (secondary N) is 1. The average Bonchev–Trinajstić information content (AvgIpc) is 2.86. The summed E-state index contributed by atoms with van der Waals surface area (Å²) in [5, 5.41) is 7.00. The van der Waals surface area contributed by atoms with Crippen LogP contribution in [-0.4, -0.2) is 11.5 Å². The van der Waals surface area contributed by atoms with E-state index in [0.717, 1.165) is 24.2 Å². The number of nitrogens with zero attached hydrogens (tertiary/aromatic N) is 1. The Morgan fingerprint density at radius 3 is 2.67 bits per heavy atom. The van der Waals surface area contributed by atoms with Gasteiger partial charge in [0.15, 0.2) is 0 Å². The molecule has 1 aromatic heterocycles. The van der Waals surface area contributed by atoms with E-state index in [-0.39, 0.29) is 0 Å². The van der Waals surface area contributed by atoms with E-state index < -0.39 is 0 Å². The molecule has 96 valence electrons. The summed E-state index contributed by atoms with van der Waals surface area (Å²) in [6.07, 6.45) is 0.888. The lowest BCUT2D eigenvalue weighted by molar-refractivity contribution is 0.682. The third kappa shape index (κ3) is 3.59. The first-order valence-electron chi connectivity index (χ1n) is 5.38. The van der Waals surface area contributed by atoms with E-state index >= 15 is 0 Å². The van der Waals surface area contributed by atoms with Crippen LogP contribution in [0.15, 0.2) is 23.0 Å². The van der Waals surface area contributed by atoms with Crippen LogP contribution in [0, 0.1) is 0 Å². The molecule has 0 saturated heterocycles. The molecule has 0 unspecified atom stereocenters. The molecular formula is C12H11Cl3N2S. The van der Waals surface area contributed by atoms with Crippen molar-refractivity contribution in [2.45, 2.75) is 13.0 Å². The molecule has 0 bridgehead atoms. The lowest BCUT2D eigenvalue weighted by Gasteiger charge is -2.09. The fraction of sp³-hybridized carbons (Fsp3) is 0.250. The molecule has 0 aliphatic rings. The van der Waals surface area contributed by atoms with Gasteiger partial charge < -0.3 is 5.32 Å². The topological polar surface area (TPSA) is 24.9 Å². The van der Waals surface area contributed by atoms with Crippen molar-refractivity contribution in [1.82, 2.24) is 10.3 Å². The van der Waals surface area contributed by atoms with E-state index in [1.54, 1.807) is 23.5 Å². The van der Waals surface area contributed by atoms with Gasteiger partial charge in [0.25, 0.3) is 0 Å². The number of hydrogen-bond donors (Lipinski definition) is 1.